The largest absolute Gasteiger partial charge is 0.256 e. The van der Waals surface area contributed by atoms with Crippen molar-refractivity contribution >= 4 is 22.5 Å². The lowest BCUT2D eigenvalue weighted by Gasteiger charge is -2.06. The molecule has 0 saturated heterocycles. The first-order valence-corrected chi connectivity index (χ1v) is 6.09. The second kappa shape index (κ2) is 4.39. The SMILES string of the molecule is Cc1ccnc(-c2ccnc3ccc(Cl)cc23)c1. The van der Waals surface area contributed by atoms with Crippen molar-refractivity contribution in [1.29, 1.82) is 0 Å². The van der Waals surface area contributed by atoms with Gasteiger partial charge in [0.15, 0.2) is 0 Å². The molecule has 3 rings (SSSR count). The highest BCUT2D eigenvalue weighted by atomic mass is 35.5. The van der Waals surface area contributed by atoms with Crippen LogP contribution in [0.1, 0.15) is 5.56 Å². The van der Waals surface area contributed by atoms with Crippen molar-refractivity contribution in [2.24, 2.45) is 0 Å². The van der Waals surface area contributed by atoms with Crippen LogP contribution in [0.2, 0.25) is 5.02 Å². The molecule has 0 aliphatic rings. The molecule has 3 aromatic rings. The van der Waals surface area contributed by atoms with Gasteiger partial charge in [0.1, 0.15) is 0 Å². The summed E-state index contributed by atoms with van der Waals surface area (Å²) < 4.78 is 0. The number of rotatable bonds is 1. The van der Waals surface area contributed by atoms with Crippen molar-refractivity contribution in [2.75, 3.05) is 0 Å². The highest BCUT2D eigenvalue weighted by Gasteiger charge is 2.06. The fourth-order valence-corrected chi connectivity index (χ4v) is 2.20. The first-order valence-electron chi connectivity index (χ1n) is 5.71. The van der Waals surface area contributed by atoms with Crippen LogP contribution in [0.25, 0.3) is 22.2 Å². The number of aryl methyl sites for hydroxylation is 1. The van der Waals surface area contributed by atoms with Gasteiger partial charge in [-0.05, 0) is 48.9 Å². The molecule has 1 aromatic carbocycles. The van der Waals surface area contributed by atoms with Crippen molar-refractivity contribution in [3.05, 3.63) is 59.4 Å². The molecular formula is C15H11ClN2. The number of hydrogen-bond donors (Lipinski definition) is 0. The van der Waals surface area contributed by atoms with Gasteiger partial charge < -0.3 is 0 Å². The Morgan fingerprint density at radius 2 is 1.78 bits per heavy atom. The van der Waals surface area contributed by atoms with Gasteiger partial charge in [-0.15, -0.1) is 0 Å². The van der Waals surface area contributed by atoms with E-state index in [2.05, 4.69) is 23.0 Å². The minimum atomic E-state index is 0.712. The van der Waals surface area contributed by atoms with Gasteiger partial charge in [-0.25, -0.2) is 0 Å². The first kappa shape index (κ1) is 11.2. The minimum Gasteiger partial charge on any atom is -0.256 e. The average Bonchev–Trinajstić information content (AvgIpc) is 2.38. The van der Waals surface area contributed by atoms with Crippen molar-refractivity contribution in [1.82, 2.24) is 9.97 Å². The Hall–Kier alpha value is -1.93. The number of aromatic nitrogens is 2. The van der Waals surface area contributed by atoms with Gasteiger partial charge in [-0.3, -0.25) is 9.97 Å². The quantitative estimate of drug-likeness (QED) is 0.648. The Morgan fingerprint density at radius 3 is 2.61 bits per heavy atom. The van der Waals surface area contributed by atoms with Crippen LogP contribution >= 0.6 is 11.6 Å². The molecule has 0 unspecified atom stereocenters. The molecule has 3 heteroatoms. The summed E-state index contributed by atoms with van der Waals surface area (Å²) >= 11 is 6.06. The van der Waals surface area contributed by atoms with E-state index in [1.807, 2.05) is 36.5 Å². The Labute approximate surface area is 110 Å². The molecule has 0 fully saturated rings. The molecular weight excluding hydrogens is 244 g/mol. The van der Waals surface area contributed by atoms with Gasteiger partial charge in [0.2, 0.25) is 0 Å². The number of fused-ring (bicyclic) bond motifs is 1. The molecule has 0 radical (unpaired) electrons. The molecule has 2 aromatic heterocycles. The Bertz CT molecular complexity index is 723. The Balaban J connectivity index is 2.32. The maximum atomic E-state index is 6.06. The molecule has 0 aliphatic carbocycles. The van der Waals surface area contributed by atoms with Crippen LogP contribution in [0.4, 0.5) is 0 Å². The van der Waals surface area contributed by atoms with Crippen LogP contribution < -0.4 is 0 Å². The number of hydrogen-bond acceptors (Lipinski definition) is 2. The van der Waals surface area contributed by atoms with E-state index in [0.29, 0.717) is 5.02 Å². The van der Waals surface area contributed by atoms with Gasteiger partial charge >= 0.3 is 0 Å². The second-order valence-corrected chi connectivity index (χ2v) is 4.67. The van der Waals surface area contributed by atoms with E-state index in [0.717, 1.165) is 22.2 Å². The van der Waals surface area contributed by atoms with Crippen molar-refractivity contribution in [3.8, 4) is 11.3 Å². The number of halogens is 1. The van der Waals surface area contributed by atoms with Crippen LogP contribution in [-0.2, 0) is 0 Å². The molecule has 0 N–H and O–H groups in total. The summed E-state index contributed by atoms with van der Waals surface area (Å²) in [6.45, 7) is 2.06. The fourth-order valence-electron chi connectivity index (χ4n) is 2.03. The molecule has 0 amide bonds. The number of nitrogens with zero attached hydrogens (tertiary/aromatic N) is 2. The zero-order valence-electron chi connectivity index (χ0n) is 9.89. The van der Waals surface area contributed by atoms with E-state index in [4.69, 9.17) is 11.6 Å². The number of benzene rings is 1. The van der Waals surface area contributed by atoms with Crippen LogP contribution in [0, 0.1) is 6.92 Å². The van der Waals surface area contributed by atoms with E-state index in [-0.39, 0.29) is 0 Å². The van der Waals surface area contributed by atoms with E-state index in [1.54, 1.807) is 6.20 Å². The van der Waals surface area contributed by atoms with E-state index >= 15 is 0 Å². The maximum Gasteiger partial charge on any atom is 0.0711 e. The van der Waals surface area contributed by atoms with Crippen molar-refractivity contribution in [2.45, 2.75) is 6.92 Å². The second-order valence-electron chi connectivity index (χ2n) is 4.24. The molecule has 18 heavy (non-hydrogen) atoms. The lowest BCUT2D eigenvalue weighted by atomic mass is 10.0. The molecule has 0 bridgehead atoms. The third-order valence-corrected chi connectivity index (χ3v) is 3.13. The van der Waals surface area contributed by atoms with Crippen LogP contribution in [0.3, 0.4) is 0 Å². The average molecular weight is 255 g/mol. The van der Waals surface area contributed by atoms with E-state index in [9.17, 15) is 0 Å². The molecule has 0 atom stereocenters. The predicted molar refractivity (Wildman–Crippen MR) is 74.7 cm³/mol. The van der Waals surface area contributed by atoms with E-state index in [1.165, 1.54) is 5.56 Å². The normalized spacial score (nSPS) is 10.8. The summed E-state index contributed by atoms with van der Waals surface area (Å²) in [5.74, 6) is 0. The summed E-state index contributed by atoms with van der Waals surface area (Å²) in [5.41, 5.74) is 4.13. The third-order valence-electron chi connectivity index (χ3n) is 2.89. The standard InChI is InChI=1S/C15H11ClN2/c1-10-4-6-18-15(8-10)12-5-7-17-14-3-2-11(16)9-13(12)14/h2-9H,1H3. The van der Waals surface area contributed by atoms with E-state index < -0.39 is 0 Å². The Morgan fingerprint density at radius 1 is 0.944 bits per heavy atom. The minimum absolute atomic E-state index is 0.712. The van der Waals surface area contributed by atoms with Crippen LogP contribution in [0.15, 0.2) is 48.8 Å². The highest BCUT2D eigenvalue weighted by Crippen LogP contribution is 2.28. The summed E-state index contributed by atoms with van der Waals surface area (Å²) in [4.78, 5) is 8.76. The molecule has 88 valence electrons. The van der Waals surface area contributed by atoms with Crippen LogP contribution in [0.5, 0.6) is 0 Å². The molecule has 0 spiro atoms. The fraction of sp³-hybridized carbons (Fsp3) is 0.0667. The molecule has 2 nitrogen and oxygen atoms in total. The topological polar surface area (TPSA) is 25.8 Å². The predicted octanol–water partition coefficient (Wildman–Crippen LogP) is 4.26. The van der Waals surface area contributed by atoms with Gasteiger partial charge in [0.05, 0.1) is 11.2 Å². The maximum absolute atomic E-state index is 6.06. The smallest absolute Gasteiger partial charge is 0.0711 e. The summed E-state index contributed by atoms with van der Waals surface area (Å²) in [5, 5.41) is 1.74. The summed E-state index contributed by atoms with van der Waals surface area (Å²) in [6, 6.07) is 11.7. The zero-order chi connectivity index (χ0) is 12.5. The highest BCUT2D eigenvalue weighted by molar-refractivity contribution is 6.31. The lowest BCUT2D eigenvalue weighted by molar-refractivity contribution is 1.28. The van der Waals surface area contributed by atoms with Crippen LogP contribution in [-0.4, -0.2) is 9.97 Å². The molecule has 0 aliphatic heterocycles. The number of pyridine rings is 2. The molecule has 2 heterocycles. The molecule has 0 saturated carbocycles. The monoisotopic (exact) mass is 254 g/mol. The van der Waals surface area contributed by atoms with Crippen molar-refractivity contribution < 1.29 is 0 Å². The van der Waals surface area contributed by atoms with Gasteiger partial charge in [-0.2, -0.15) is 0 Å². The lowest BCUT2D eigenvalue weighted by Crippen LogP contribution is -1.88. The Kier molecular flexibility index (Phi) is 2.73. The summed E-state index contributed by atoms with van der Waals surface area (Å²) in [6.07, 6.45) is 3.62. The van der Waals surface area contributed by atoms with Gasteiger partial charge in [0.25, 0.3) is 0 Å². The zero-order valence-corrected chi connectivity index (χ0v) is 10.6. The summed E-state index contributed by atoms with van der Waals surface area (Å²) in [7, 11) is 0. The van der Waals surface area contributed by atoms with Gasteiger partial charge in [0, 0.05) is 28.4 Å². The van der Waals surface area contributed by atoms with Gasteiger partial charge in [-0.1, -0.05) is 11.6 Å². The van der Waals surface area contributed by atoms with Crippen molar-refractivity contribution in [3.63, 3.8) is 0 Å². The third kappa shape index (κ3) is 1.95. The first-order chi connectivity index (χ1) is 8.74.